The monoisotopic (exact) mass is 309 g/mol. The van der Waals surface area contributed by atoms with Crippen LogP contribution in [0.15, 0.2) is 59.8 Å². The normalized spacial score (nSPS) is 11.4. The number of benzene rings is 2. The lowest BCUT2D eigenvalue weighted by Crippen LogP contribution is -2.14. The second kappa shape index (κ2) is 6.69. The van der Waals surface area contributed by atoms with Gasteiger partial charge in [0.05, 0.1) is 17.8 Å². The lowest BCUT2D eigenvalue weighted by Gasteiger charge is -2.04. The van der Waals surface area contributed by atoms with Crippen LogP contribution in [0.25, 0.3) is 11.0 Å². The summed E-state index contributed by atoms with van der Waals surface area (Å²) in [5.41, 5.74) is 2.95. The maximum absolute atomic E-state index is 11.7. The van der Waals surface area contributed by atoms with Crippen molar-refractivity contribution in [3.63, 3.8) is 0 Å². The first-order valence-electron chi connectivity index (χ1n) is 7.07. The molecule has 23 heavy (non-hydrogen) atoms. The van der Waals surface area contributed by atoms with Gasteiger partial charge in [0.2, 0.25) is 0 Å². The molecule has 7 heteroatoms. The summed E-state index contributed by atoms with van der Waals surface area (Å²) in [6.45, 7) is 2.14. The van der Waals surface area contributed by atoms with E-state index in [1.165, 1.54) is 0 Å². The minimum absolute atomic E-state index is 0.388. The van der Waals surface area contributed by atoms with Crippen molar-refractivity contribution in [2.75, 3.05) is 5.32 Å². The number of amides is 1. The van der Waals surface area contributed by atoms with Crippen molar-refractivity contribution in [1.82, 2.24) is 15.0 Å². The van der Waals surface area contributed by atoms with Crippen molar-refractivity contribution in [1.29, 1.82) is 0 Å². The van der Waals surface area contributed by atoms with Crippen molar-refractivity contribution in [2.45, 2.75) is 13.5 Å². The number of carbonyl (C=O) groups excluding carboxylic acids is 1. The van der Waals surface area contributed by atoms with Crippen LogP contribution < -0.4 is 5.32 Å². The van der Waals surface area contributed by atoms with Gasteiger partial charge in [-0.15, -0.1) is 5.10 Å². The fourth-order valence-electron chi connectivity index (χ4n) is 2.06. The van der Waals surface area contributed by atoms with E-state index in [2.05, 4.69) is 20.8 Å². The summed E-state index contributed by atoms with van der Waals surface area (Å²) in [6, 6.07) is 16.7. The largest absolute Gasteiger partial charge is 0.437 e. The number of nitrogens with zero attached hydrogens (tertiary/aromatic N) is 4. The van der Waals surface area contributed by atoms with Gasteiger partial charge in [-0.25, -0.2) is 9.48 Å². The summed E-state index contributed by atoms with van der Waals surface area (Å²) in [5, 5.41) is 14.5. The average molecular weight is 309 g/mol. The second-order valence-corrected chi connectivity index (χ2v) is 4.93. The summed E-state index contributed by atoms with van der Waals surface area (Å²) in [4.78, 5) is 16.5. The minimum Gasteiger partial charge on any atom is -0.298 e. The highest BCUT2D eigenvalue weighted by Crippen LogP contribution is 2.10. The van der Waals surface area contributed by atoms with E-state index in [0.717, 1.165) is 11.0 Å². The van der Waals surface area contributed by atoms with Gasteiger partial charge in [-0.2, -0.15) is 0 Å². The Bertz CT molecular complexity index is 842. The van der Waals surface area contributed by atoms with Crippen LogP contribution >= 0.6 is 0 Å². The molecule has 0 spiro atoms. The number of hydrogen-bond acceptors (Lipinski definition) is 5. The van der Waals surface area contributed by atoms with Crippen LogP contribution in [0.4, 0.5) is 10.5 Å². The molecule has 0 bridgehead atoms. The number of nitrogens with one attached hydrogen (secondary N) is 1. The summed E-state index contributed by atoms with van der Waals surface area (Å²) in [5.74, 6) is 0. The van der Waals surface area contributed by atoms with E-state index in [1.807, 2.05) is 42.5 Å². The highest BCUT2D eigenvalue weighted by molar-refractivity contribution is 5.87. The second-order valence-electron chi connectivity index (χ2n) is 4.93. The zero-order chi connectivity index (χ0) is 16.1. The van der Waals surface area contributed by atoms with E-state index in [1.54, 1.807) is 23.7 Å². The minimum atomic E-state index is -0.640. The summed E-state index contributed by atoms with van der Waals surface area (Å²) < 4.78 is 1.70. The number of oxime groups is 1. The van der Waals surface area contributed by atoms with Gasteiger partial charge in [-0.05, 0) is 31.2 Å². The third kappa shape index (κ3) is 3.70. The first-order chi connectivity index (χ1) is 11.2. The van der Waals surface area contributed by atoms with Crippen molar-refractivity contribution in [2.24, 2.45) is 5.16 Å². The maximum atomic E-state index is 11.7. The molecule has 3 rings (SSSR count). The molecular weight excluding hydrogens is 294 g/mol. The molecule has 0 aliphatic heterocycles. The molecule has 1 amide bonds. The van der Waals surface area contributed by atoms with Crippen LogP contribution in [0.3, 0.4) is 0 Å². The van der Waals surface area contributed by atoms with Crippen molar-refractivity contribution in [3.8, 4) is 0 Å². The first-order valence-corrected chi connectivity index (χ1v) is 7.07. The molecule has 116 valence electrons. The van der Waals surface area contributed by atoms with E-state index in [0.29, 0.717) is 17.9 Å². The number of fused-ring (bicyclic) bond motifs is 1. The van der Waals surface area contributed by atoms with E-state index in [4.69, 9.17) is 4.84 Å². The van der Waals surface area contributed by atoms with Gasteiger partial charge >= 0.3 is 6.09 Å². The van der Waals surface area contributed by atoms with E-state index in [-0.39, 0.29) is 0 Å². The summed E-state index contributed by atoms with van der Waals surface area (Å²) in [6.07, 6.45) is -0.640. The van der Waals surface area contributed by atoms with Crippen molar-refractivity contribution >= 4 is 28.5 Å². The predicted octanol–water partition coefficient (Wildman–Crippen LogP) is 3.06. The lowest BCUT2D eigenvalue weighted by atomic mass is 10.3. The number of anilines is 1. The van der Waals surface area contributed by atoms with Crippen LogP contribution in [0.5, 0.6) is 0 Å². The number of rotatable bonds is 4. The number of carbonyl (C=O) groups is 1. The van der Waals surface area contributed by atoms with Gasteiger partial charge < -0.3 is 0 Å². The molecule has 2 aromatic carbocycles. The fourth-order valence-corrected chi connectivity index (χ4v) is 2.06. The Hall–Kier alpha value is -3.22. The molecule has 7 nitrogen and oxygen atoms in total. The molecule has 1 N–H and O–H groups in total. The van der Waals surface area contributed by atoms with E-state index < -0.39 is 6.09 Å². The predicted molar refractivity (Wildman–Crippen MR) is 87.2 cm³/mol. The zero-order valence-electron chi connectivity index (χ0n) is 12.5. The molecule has 1 heterocycles. The molecule has 0 unspecified atom stereocenters. The highest BCUT2D eigenvalue weighted by atomic mass is 16.7. The molecule has 3 aromatic rings. The third-order valence-electron chi connectivity index (χ3n) is 3.10. The number of hydrogen-bond donors (Lipinski definition) is 1. The molecule has 0 saturated carbocycles. The van der Waals surface area contributed by atoms with E-state index >= 15 is 0 Å². The van der Waals surface area contributed by atoms with Gasteiger partial charge in [0.25, 0.3) is 0 Å². The van der Waals surface area contributed by atoms with Crippen LogP contribution in [0.2, 0.25) is 0 Å². The van der Waals surface area contributed by atoms with Crippen LogP contribution in [0, 0.1) is 0 Å². The molecule has 0 fully saturated rings. The smallest absolute Gasteiger partial charge is 0.298 e. The maximum Gasteiger partial charge on any atom is 0.437 e. The molecular formula is C16H15N5O2. The van der Waals surface area contributed by atoms with E-state index in [9.17, 15) is 4.79 Å². The fraction of sp³-hybridized carbons (Fsp3) is 0.125. The Morgan fingerprint density at radius 2 is 1.91 bits per heavy atom. The Labute approximate surface area is 132 Å². The van der Waals surface area contributed by atoms with Crippen molar-refractivity contribution in [3.05, 3.63) is 54.6 Å². The lowest BCUT2D eigenvalue weighted by molar-refractivity contribution is 0.166. The van der Waals surface area contributed by atoms with Crippen LogP contribution in [0.1, 0.15) is 6.92 Å². The molecule has 0 atom stereocenters. The molecule has 0 saturated heterocycles. The molecule has 0 aliphatic rings. The topological polar surface area (TPSA) is 81.4 Å². The van der Waals surface area contributed by atoms with Gasteiger partial charge in [-0.3, -0.25) is 10.2 Å². The van der Waals surface area contributed by atoms with Crippen molar-refractivity contribution < 1.29 is 9.63 Å². The SMILES string of the molecule is C/C(Cn1nnc2ccccc21)=N/OC(=O)Nc1ccccc1. The quantitative estimate of drug-likeness (QED) is 0.456. The van der Waals surface area contributed by atoms with Gasteiger partial charge in [0, 0.05) is 5.69 Å². The Balaban J connectivity index is 1.60. The molecule has 0 radical (unpaired) electrons. The Morgan fingerprint density at radius 3 is 2.74 bits per heavy atom. The molecule has 0 aliphatic carbocycles. The van der Waals surface area contributed by atoms with Crippen LogP contribution in [-0.2, 0) is 11.4 Å². The Kier molecular flexibility index (Phi) is 4.28. The first kappa shape index (κ1) is 14.7. The number of para-hydroxylation sites is 2. The zero-order valence-corrected chi connectivity index (χ0v) is 12.5. The summed E-state index contributed by atoms with van der Waals surface area (Å²) in [7, 11) is 0. The third-order valence-corrected chi connectivity index (χ3v) is 3.10. The average Bonchev–Trinajstić information content (AvgIpc) is 2.97. The van der Waals surface area contributed by atoms with Gasteiger partial charge in [-0.1, -0.05) is 40.7 Å². The van der Waals surface area contributed by atoms with Gasteiger partial charge in [0.15, 0.2) is 0 Å². The molecule has 1 aromatic heterocycles. The Morgan fingerprint density at radius 1 is 1.17 bits per heavy atom. The standard InChI is InChI=1S/C16H15N5O2/c1-12(11-21-15-10-6-5-9-14(15)18-20-21)19-23-16(22)17-13-7-3-2-4-8-13/h2-10H,11H2,1H3,(H,17,22)/b19-12-. The number of aromatic nitrogens is 3. The highest BCUT2D eigenvalue weighted by Gasteiger charge is 2.06. The van der Waals surface area contributed by atoms with Crippen LogP contribution in [-0.4, -0.2) is 26.8 Å². The summed E-state index contributed by atoms with van der Waals surface area (Å²) >= 11 is 0. The van der Waals surface area contributed by atoms with Gasteiger partial charge in [0.1, 0.15) is 5.52 Å².